The van der Waals surface area contributed by atoms with E-state index in [-0.39, 0.29) is 18.2 Å². The van der Waals surface area contributed by atoms with Crippen LogP contribution in [0.4, 0.5) is 5.69 Å². The second kappa shape index (κ2) is 8.20. The van der Waals surface area contributed by atoms with Crippen molar-refractivity contribution in [2.24, 2.45) is 10.2 Å². The van der Waals surface area contributed by atoms with Gasteiger partial charge in [0.1, 0.15) is 16.8 Å². The fraction of sp³-hybridized carbons (Fsp3) is 0.176. The lowest BCUT2D eigenvalue weighted by atomic mass is 10.2. The third-order valence-corrected chi connectivity index (χ3v) is 4.69. The Morgan fingerprint density at radius 3 is 2.81 bits per heavy atom. The standard InChI is InChI=1S/C17H15ClN4O3S/c1-10-2-7-13(25-10)9-19-22-17-21-16(24)14(26-17)8-15(23)20-12-5-3-11(18)4-6-12/h2-7,9,14H,8H2,1H3,(H,20,23)(H,21,22,24)/b19-9+. The van der Waals surface area contributed by atoms with Crippen molar-refractivity contribution in [1.82, 2.24) is 5.32 Å². The van der Waals surface area contributed by atoms with Crippen molar-refractivity contribution < 1.29 is 14.0 Å². The predicted molar refractivity (Wildman–Crippen MR) is 103 cm³/mol. The highest BCUT2D eigenvalue weighted by Crippen LogP contribution is 2.23. The van der Waals surface area contributed by atoms with E-state index in [9.17, 15) is 9.59 Å². The van der Waals surface area contributed by atoms with Crippen LogP contribution in [-0.2, 0) is 9.59 Å². The molecule has 2 aromatic rings. The molecule has 0 saturated carbocycles. The van der Waals surface area contributed by atoms with Crippen molar-refractivity contribution in [1.29, 1.82) is 0 Å². The van der Waals surface area contributed by atoms with Gasteiger partial charge in [0, 0.05) is 17.1 Å². The lowest BCUT2D eigenvalue weighted by Gasteiger charge is -2.07. The molecule has 134 valence electrons. The van der Waals surface area contributed by atoms with Crippen LogP contribution in [0.15, 0.2) is 51.0 Å². The summed E-state index contributed by atoms with van der Waals surface area (Å²) in [7, 11) is 0. The van der Waals surface area contributed by atoms with Crippen molar-refractivity contribution in [3.05, 3.63) is 52.9 Å². The SMILES string of the molecule is Cc1ccc(/C=N/N=C2\NC(=O)C(CC(=O)Nc3ccc(Cl)cc3)S2)o1. The van der Waals surface area contributed by atoms with Crippen LogP contribution in [0.3, 0.4) is 0 Å². The van der Waals surface area contributed by atoms with E-state index < -0.39 is 5.25 Å². The molecule has 26 heavy (non-hydrogen) atoms. The van der Waals surface area contributed by atoms with Gasteiger partial charge in [0.05, 0.1) is 6.21 Å². The molecule has 9 heteroatoms. The van der Waals surface area contributed by atoms with Crippen molar-refractivity contribution >= 4 is 52.2 Å². The number of furan rings is 1. The van der Waals surface area contributed by atoms with E-state index in [4.69, 9.17) is 16.0 Å². The molecule has 0 spiro atoms. The molecule has 2 N–H and O–H groups in total. The molecule has 2 amide bonds. The van der Waals surface area contributed by atoms with E-state index in [1.54, 1.807) is 30.3 Å². The zero-order valence-corrected chi connectivity index (χ0v) is 15.3. The van der Waals surface area contributed by atoms with E-state index in [0.29, 0.717) is 21.6 Å². The van der Waals surface area contributed by atoms with E-state index in [1.807, 2.05) is 13.0 Å². The number of hydrogen-bond donors (Lipinski definition) is 2. The fourth-order valence-corrected chi connectivity index (χ4v) is 3.21. The summed E-state index contributed by atoms with van der Waals surface area (Å²) in [6.45, 7) is 1.83. The van der Waals surface area contributed by atoms with Gasteiger partial charge in [-0.1, -0.05) is 23.4 Å². The van der Waals surface area contributed by atoms with Gasteiger partial charge in [-0.3, -0.25) is 9.59 Å². The Bertz CT molecular complexity index is 876. The average Bonchev–Trinajstić information content (AvgIpc) is 3.16. The van der Waals surface area contributed by atoms with Gasteiger partial charge in [0.15, 0.2) is 5.17 Å². The smallest absolute Gasteiger partial charge is 0.240 e. The Hall–Kier alpha value is -2.58. The van der Waals surface area contributed by atoms with Crippen LogP contribution in [-0.4, -0.2) is 28.4 Å². The Labute approximate surface area is 158 Å². The molecule has 1 aliphatic rings. The topological polar surface area (TPSA) is 96.1 Å². The zero-order valence-electron chi connectivity index (χ0n) is 13.7. The van der Waals surface area contributed by atoms with Gasteiger partial charge in [0.25, 0.3) is 0 Å². The number of halogens is 1. The number of nitrogens with one attached hydrogen (secondary N) is 2. The molecule has 1 aromatic heterocycles. The molecule has 7 nitrogen and oxygen atoms in total. The molecule has 1 atom stereocenters. The lowest BCUT2D eigenvalue weighted by Crippen LogP contribution is -2.28. The monoisotopic (exact) mass is 390 g/mol. The highest BCUT2D eigenvalue weighted by molar-refractivity contribution is 8.15. The zero-order chi connectivity index (χ0) is 18.5. The van der Waals surface area contributed by atoms with Gasteiger partial charge < -0.3 is 15.1 Å². The molecular weight excluding hydrogens is 376 g/mol. The maximum atomic E-state index is 12.1. The largest absolute Gasteiger partial charge is 0.460 e. The minimum atomic E-state index is -0.554. The van der Waals surface area contributed by atoms with E-state index in [0.717, 1.165) is 17.5 Å². The lowest BCUT2D eigenvalue weighted by molar-refractivity contribution is -0.122. The number of aryl methyl sites for hydroxylation is 1. The molecule has 1 fully saturated rings. The average molecular weight is 391 g/mol. The molecule has 1 aliphatic heterocycles. The molecule has 2 heterocycles. The van der Waals surface area contributed by atoms with Crippen molar-refractivity contribution in [3.63, 3.8) is 0 Å². The number of carbonyl (C=O) groups excluding carboxylic acids is 2. The van der Waals surface area contributed by atoms with Crippen LogP contribution in [0.5, 0.6) is 0 Å². The molecule has 0 radical (unpaired) electrons. The van der Waals surface area contributed by atoms with Gasteiger partial charge in [-0.15, -0.1) is 5.10 Å². The van der Waals surface area contributed by atoms with Crippen LogP contribution >= 0.6 is 23.4 Å². The number of nitrogens with zero attached hydrogens (tertiary/aromatic N) is 2. The number of anilines is 1. The second-order valence-electron chi connectivity index (χ2n) is 5.45. The first-order chi connectivity index (χ1) is 12.5. The fourth-order valence-electron chi connectivity index (χ4n) is 2.16. The molecule has 1 unspecified atom stereocenters. The summed E-state index contributed by atoms with van der Waals surface area (Å²) in [4.78, 5) is 24.1. The van der Waals surface area contributed by atoms with Crippen molar-refractivity contribution in [2.45, 2.75) is 18.6 Å². The summed E-state index contributed by atoms with van der Waals surface area (Å²) < 4.78 is 5.33. The van der Waals surface area contributed by atoms with Crippen molar-refractivity contribution in [2.75, 3.05) is 5.32 Å². The third kappa shape index (κ3) is 4.96. The number of hydrogen-bond acceptors (Lipinski definition) is 6. The number of rotatable bonds is 5. The highest BCUT2D eigenvalue weighted by atomic mass is 35.5. The van der Waals surface area contributed by atoms with E-state index in [1.165, 1.54) is 6.21 Å². The first-order valence-corrected chi connectivity index (χ1v) is 8.96. The summed E-state index contributed by atoms with van der Waals surface area (Å²) in [5.41, 5.74) is 0.620. The second-order valence-corrected chi connectivity index (χ2v) is 7.08. The number of amidine groups is 1. The molecule has 0 aliphatic carbocycles. The number of amides is 2. The number of carbonyl (C=O) groups is 2. The van der Waals surface area contributed by atoms with Crippen LogP contribution in [0.25, 0.3) is 0 Å². The van der Waals surface area contributed by atoms with Gasteiger partial charge in [-0.25, -0.2) is 0 Å². The molecule has 1 saturated heterocycles. The predicted octanol–water partition coefficient (Wildman–Crippen LogP) is 3.19. The number of thioether (sulfide) groups is 1. The minimum absolute atomic E-state index is 0.0270. The normalized spacial score (nSPS) is 18.5. The maximum Gasteiger partial charge on any atom is 0.240 e. The van der Waals surface area contributed by atoms with Gasteiger partial charge in [-0.2, -0.15) is 5.10 Å². The Morgan fingerprint density at radius 2 is 2.12 bits per heavy atom. The Balaban J connectivity index is 1.53. The van der Waals surface area contributed by atoms with Crippen LogP contribution in [0.1, 0.15) is 17.9 Å². The van der Waals surface area contributed by atoms with Gasteiger partial charge >= 0.3 is 0 Å². The summed E-state index contributed by atoms with van der Waals surface area (Å²) >= 11 is 6.97. The van der Waals surface area contributed by atoms with E-state index >= 15 is 0 Å². The molecule has 3 rings (SSSR count). The van der Waals surface area contributed by atoms with Crippen LogP contribution in [0.2, 0.25) is 5.02 Å². The summed E-state index contributed by atoms with van der Waals surface area (Å²) in [5.74, 6) is 0.800. The van der Waals surface area contributed by atoms with Crippen LogP contribution in [0, 0.1) is 6.92 Å². The first kappa shape index (κ1) is 18.2. The summed E-state index contributed by atoms with van der Waals surface area (Å²) in [5, 5.41) is 13.5. The molecule has 1 aromatic carbocycles. The maximum absolute atomic E-state index is 12.1. The minimum Gasteiger partial charge on any atom is -0.460 e. The Morgan fingerprint density at radius 1 is 1.35 bits per heavy atom. The van der Waals surface area contributed by atoms with Gasteiger partial charge in [0.2, 0.25) is 11.8 Å². The molecule has 0 bridgehead atoms. The van der Waals surface area contributed by atoms with E-state index in [2.05, 4.69) is 20.8 Å². The van der Waals surface area contributed by atoms with Crippen molar-refractivity contribution in [3.8, 4) is 0 Å². The summed E-state index contributed by atoms with van der Waals surface area (Å²) in [6.07, 6.45) is 1.48. The number of benzene rings is 1. The Kier molecular flexibility index (Phi) is 5.75. The highest BCUT2D eigenvalue weighted by Gasteiger charge is 2.32. The van der Waals surface area contributed by atoms with Gasteiger partial charge in [-0.05, 0) is 43.3 Å². The third-order valence-electron chi connectivity index (χ3n) is 3.37. The molecular formula is C17H15ClN4O3S. The quantitative estimate of drug-likeness (QED) is 0.605. The van der Waals surface area contributed by atoms with Crippen LogP contribution < -0.4 is 10.6 Å². The first-order valence-electron chi connectivity index (χ1n) is 7.70. The summed E-state index contributed by atoms with van der Waals surface area (Å²) in [6, 6.07) is 10.3.